The summed E-state index contributed by atoms with van der Waals surface area (Å²) in [6, 6.07) is 28.7. The van der Waals surface area contributed by atoms with Crippen LogP contribution in [0, 0.1) is 5.92 Å². The summed E-state index contributed by atoms with van der Waals surface area (Å²) in [7, 11) is 0. The van der Waals surface area contributed by atoms with Crippen LogP contribution >= 0.6 is 11.8 Å². The van der Waals surface area contributed by atoms with Crippen molar-refractivity contribution < 1.29 is 9.53 Å². The molecular weight excluding hydrogens is 528 g/mol. The molecule has 0 radical (unpaired) electrons. The number of hydrogen-bond acceptors (Lipinski definition) is 5. The van der Waals surface area contributed by atoms with Gasteiger partial charge >= 0.3 is 0 Å². The van der Waals surface area contributed by atoms with Gasteiger partial charge in [-0.15, -0.1) is 0 Å². The Morgan fingerprint density at radius 2 is 1.73 bits per heavy atom. The maximum atomic E-state index is 13.1. The number of amides is 1. The zero-order chi connectivity index (χ0) is 28.0. The van der Waals surface area contributed by atoms with Crippen LogP contribution in [-0.4, -0.2) is 45.5 Å². The Kier molecular flexibility index (Phi) is 8.33. The monoisotopic (exact) mass is 562 g/mol. The number of carbonyl (C=O) groups is 1. The average Bonchev–Trinajstić information content (AvgIpc) is 3.61. The van der Waals surface area contributed by atoms with Gasteiger partial charge in [0.05, 0.1) is 17.2 Å². The molecule has 6 nitrogen and oxygen atoms in total. The number of aromatic nitrogens is 2. The molecule has 4 aromatic rings. The van der Waals surface area contributed by atoms with Gasteiger partial charge in [-0.05, 0) is 79.3 Å². The maximum Gasteiger partial charge on any atom is 0.286 e. The van der Waals surface area contributed by atoms with Crippen LogP contribution in [0.15, 0.2) is 101 Å². The first-order valence-corrected chi connectivity index (χ1v) is 15.2. The van der Waals surface area contributed by atoms with Crippen molar-refractivity contribution >= 4 is 28.9 Å². The molecule has 1 amide bonds. The molecule has 2 aliphatic heterocycles. The second-order valence-electron chi connectivity index (χ2n) is 10.5. The van der Waals surface area contributed by atoms with Crippen LogP contribution < -0.4 is 4.74 Å². The van der Waals surface area contributed by atoms with E-state index in [0.29, 0.717) is 17.4 Å². The number of para-hydroxylation sites is 1. The molecule has 1 fully saturated rings. The van der Waals surface area contributed by atoms with Gasteiger partial charge < -0.3 is 9.64 Å². The number of likely N-dealkylation sites (tertiary alicyclic amines) is 1. The van der Waals surface area contributed by atoms with Crippen molar-refractivity contribution in [1.29, 1.82) is 0 Å². The van der Waals surface area contributed by atoms with E-state index in [-0.39, 0.29) is 5.91 Å². The van der Waals surface area contributed by atoms with Crippen molar-refractivity contribution in [3.63, 3.8) is 0 Å². The molecule has 1 saturated heterocycles. The molecule has 1 aromatic heterocycles. The predicted octanol–water partition coefficient (Wildman–Crippen LogP) is 7.25. The van der Waals surface area contributed by atoms with Crippen LogP contribution in [0.25, 0.3) is 23.0 Å². The van der Waals surface area contributed by atoms with E-state index in [1.54, 1.807) is 0 Å². The van der Waals surface area contributed by atoms with Crippen molar-refractivity contribution in [3.05, 3.63) is 107 Å². The van der Waals surface area contributed by atoms with E-state index < -0.39 is 0 Å². The number of nitrogens with zero attached hydrogens (tertiary/aromatic N) is 4. The molecule has 3 heterocycles. The van der Waals surface area contributed by atoms with E-state index in [4.69, 9.17) is 9.84 Å². The number of rotatable bonds is 8. The van der Waals surface area contributed by atoms with Crippen LogP contribution in [0.4, 0.5) is 0 Å². The largest absolute Gasteiger partial charge is 0.494 e. The van der Waals surface area contributed by atoms with E-state index >= 15 is 0 Å². The Morgan fingerprint density at radius 1 is 0.976 bits per heavy atom. The first kappa shape index (κ1) is 27.1. The number of amidine groups is 1. The van der Waals surface area contributed by atoms with Gasteiger partial charge in [0.15, 0.2) is 5.17 Å². The molecule has 208 valence electrons. The third-order valence-electron chi connectivity index (χ3n) is 7.49. The molecule has 3 aromatic carbocycles. The molecule has 0 N–H and O–H groups in total. The predicted molar refractivity (Wildman–Crippen MR) is 167 cm³/mol. The van der Waals surface area contributed by atoms with Crippen molar-refractivity contribution in [2.75, 3.05) is 19.7 Å². The number of piperidine rings is 1. The number of aliphatic imine (C=N–C) groups is 1. The first-order chi connectivity index (χ1) is 20.2. The second kappa shape index (κ2) is 12.6. The van der Waals surface area contributed by atoms with Gasteiger partial charge in [-0.25, -0.2) is 4.68 Å². The molecule has 0 aliphatic carbocycles. The van der Waals surface area contributed by atoms with E-state index in [9.17, 15) is 4.79 Å². The minimum atomic E-state index is -0.185. The van der Waals surface area contributed by atoms with Crippen LogP contribution in [0.1, 0.15) is 37.3 Å². The molecule has 0 atom stereocenters. The Labute approximate surface area is 245 Å². The Hall–Kier alpha value is -4.10. The number of ether oxygens (including phenoxy) is 1. The fraction of sp³-hybridized carbons (Fsp3) is 0.265. The SMILES string of the molecule is CCCOc1cccc(-c2nn(-c3ccccc3)cc2C=C2SC(N3CCC(Cc4ccccc4)CC3)=NC2=O)c1. The van der Waals surface area contributed by atoms with E-state index in [0.717, 1.165) is 72.2 Å². The standard InChI is InChI=1S/C34H34N4O2S/c1-2-20-40-30-15-9-12-27(22-30)32-28(24-38(36-32)29-13-7-4-8-14-29)23-31-33(39)35-34(41-31)37-18-16-26(17-19-37)21-25-10-5-3-6-11-25/h3-15,22-24,26H,2,16-21H2,1H3. The molecule has 0 bridgehead atoms. The molecule has 0 spiro atoms. The van der Waals surface area contributed by atoms with Crippen LogP contribution in [-0.2, 0) is 11.2 Å². The molecule has 7 heteroatoms. The van der Waals surface area contributed by atoms with Gasteiger partial charge in [-0.2, -0.15) is 10.1 Å². The summed E-state index contributed by atoms with van der Waals surface area (Å²) in [4.78, 5) is 20.4. The van der Waals surface area contributed by atoms with Crippen molar-refractivity contribution in [1.82, 2.24) is 14.7 Å². The van der Waals surface area contributed by atoms with E-state index in [2.05, 4.69) is 47.1 Å². The first-order valence-electron chi connectivity index (χ1n) is 14.4. The highest BCUT2D eigenvalue weighted by molar-refractivity contribution is 8.18. The van der Waals surface area contributed by atoms with Gasteiger partial charge in [0.2, 0.25) is 0 Å². The normalized spacial score (nSPS) is 16.8. The topological polar surface area (TPSA) is 59.7 Å². The maximum absolute atomic E-state index is 13.1. The average molecular weight is 563 g/mol. The quantitative estimate of drug-likeness (QED) is 0.212. The van der Waals surface area contributed by atoms with Crippen molar-refractivity contribution in [2.45, 2.75) is 32.6 Å². The fourth-order valence-electron chi connectivity index (χ4n) is 5.33. The van der Waals surface area contributed by atoms with Crippen molar-refractivity contribution in [2.24, 2.45) is 10.9 Å². The highest BCUT2D eigenvalue weighted by Gasteiger charge is 2.29. The van der Waals surface area contributed by atoms with Crippen LogP contribution in [0.5, 0.6) is 5.75 Å². The molecule has 2 aliphatic rings. The lowest BCUT2D eigenvalue weighted by Gasteiger charge is -2.32. The lowest BCUT2D eigenvalue weighted by atomic mass is 9.90. The lowest BCUT2D eigenvalue weighted by Crippen LogP contribution is -2.37. The zero-order valence-electron chi connectivity index (χ0n) is 23.3. The molecule has 6 rings (SSSR count). The molecular formula is C34H34N4O2S. The summed E-state index contributed by atoms with van der Waals surface area (Å²) in [6.07, 6.45) is 8.18. The number of benzene rings is 3. The Morgan fingerprint density at radius 3 is 2.49 bits per heavy atom. The zero-order valence-corrected chi connectivity index (χ0v) is 24.1. The Bertz CT molecular complexity index is 1550. The van der Waals surface area contributed by atoms with Gasteiger partial charge in [0.25, 0.3) is 5.91 Å². The number of hydrogen-bond donors (Lipinski definition) is 0. The smallest absolute Gasteiger partial charge is 0.286 e. The fourth-order valence-corrected chi connectivity index (χ4v) is 6.29. The van der Waals surface area contributed by atoms with Crippen molar-refractivity contribution in [3.8, 4) is 22.7 Å². The van der Waals surface area contributed by atoms with E-state index in [1.165, 1.54) is 17.3 Å². The summed E-state index contributed by atoms with van der Waals surface area (Å²) in [5.74, 6) is 1.29. The van der Waals surface area contributed by atoms with Gasteiger partial charge in [0.1, 0.15) is 11.4 Å². The summed E-state index contributed by atoms with van der Waals surface area (Å²) in [5.41, 5.74) is 4.96. The van der Waals surface area contributed by atoms with Crippen LogP contribution in [0.2, 0.25) is 0 Å². The second-order valence-corrected chi connectivity index (χ2v) is 11.5. The third kappa shape index (κ3) is 6.46. The summed E-state index contributed by atoms with van der Waals surface area (Å²) in [6.45, 7) is 4.60. The lowest BCUT2D eigenvalue weighted by molar-refractivity contribution is -0.113. The minimum Gasteiger partial charge on any atom is -0.494 e. The summed E-state index contributed by atoms with van der Waals surface area (Å²) >= 11 is 1.47. The van der Waals surface area contributed by atoms with Crippen LogP contribution in [0.3, 0.4) is 0 Å². The number of thioether (sulfide) groups is 1. The molecule has 41 heavy (non-hydrogen) atoms. The van der Waals surface area contributed by atoms with Gasteiger partial charge in [0, 0.05) is 30.4 Å². The third-order valence-corrected chi connectivity index (χ3v) is 8.54. The van der Waals surface area contributed by atoms with Gasteiger partial charge in [-0.1, -0.05) is 67.6 Å². The molecule has 0 saturated carbocycles. The Balaban J connectivity index is 1.21. The molecule has 0 unspecified atom stereocenters. The highest BCUT2D eigenvalue weighted by Crippen LogP contribution is 2.35. The number of carbonyl (C=O) groups excluding carboxylic acids is 1. The van der Waals surface area contributed by atoms with E-state index in [1.807, 2.05) is 71.6 Å². The van der Waals surface area contributed by atoms with Gasteiger partial charge in [-0.3, -0.25) is 4.79 Å². The summed E-state index contributed by atoms with van der Waals surface area (Å²) in [5, 5.41) is 5.75. The highest BCUT2D eigenvalue weighted by atomic mass is 32.2. The summed E-state index contributed by atoms with van der Waals surface area (Å²) < 4.78 is 7.75. The minimum absolute atomic E-state index is 0.185.